The van der Waals surface area contributed by atoms with E-state index in [-0.39, 0.29) is 35.2 Å². The molecule has 11 heteroatoms. The summed E-state index contributed by atoms with van der Waals surface area (Å²) in [5.74, 6) is -0.439. The molecule has 2 atom stereocenters. The van der Waals surface area contributed by atoms with E-state index < -0.39 is 23.8 Å². The van der Waals surface area contributed by atoms with Crippen LogP contribution in [0, 0.1) is 0 Å². The standard InChI is InChI=1S/C28H34F3N5O3/c1-17(33-18(2)37)26(38)34-14-11-20(12-15-34)36-25(19-9-10-19)22(16-32-36)27(39)35-13-5-8-24(35)21-6-3-4-7-23(21)28(29,30)31/h3-4,6-7,16-17,19-20,24H,5,8-15H2,1-2H3,(H,33,37). The van der Waals surface area contributed by atoms with Crippen molar-refractivity contribution in [1.82, 2.24) is 24.9 Å². The van der Waals surface area contributed by atoms with Gasteiger partial charge in [0.15, 0.2) is 0 Å². The fourth-order valence-corrected chi connectivity index (χ4v) is 6.10. The van der Waals surface area contributed by atoms with Crippen LogP contribution in [0.25, 0.3) is 0 Å². The number of hydrogen-bond acceptors (Lipinski definition) is 4. The average Bonchev–Trinajstić information content (AvgIpc) is 3.45. The summed E-state index contributed by atoms with van der Waals surface area (Å²) in [6, 6.07) is 4.32. The van der Waals surface area contributed by atoms with Crippen LogP contribution in [-0.4, -0.2) is 63.0 Å². The lowest BCUT2D eigenvalue weighted by atomic mass is 9.97. The molecule has 1 aliphatic carbocycles. The van der Waals surface area contributed by atoms with Crippen molar-refractivity contribution in [2.24, 2.45) is 0 Å². The van der Waals surface area contributed by atoms with Crippen LogP contribution in [0.4, 0.5) is 13.2 Å². The second-order valence-corrected chi connectivity index (χ2v) is 10.9. The highest BCUT2D eigenvalue weighted by molar-refractivity contribution is 5.96. The monoisotopic (exact) mass is 545 g/mol. The first kappa shape index (κ1) is 27.2. The molecule has 8 nitrogen and oxygen atoms in total. The lowest BCUT2D eigenvalue weighted by molar-refractivity contribution is -0.138. The molecule has 2 saturated heterocycles. The minimum Gasteiger partial charge on any atom is -0.345 e. The third-order valence-corrected chi connectivity index (χ3v) is 8.08. The largest absolute Gasteiger partial charge is 0.416 e. The summed E-state index contributed by atoms with van der Waals surface area (Å²) in [6.45, 7) is 4.49. The predicted molar refractivity (Wildman–Crippen MR) is 137 cm³/mol. The number of rotatable bonds is 6. The molecular weight excluding hydrogens is 511 g/mol. The fraction of sp³-hybridized carbons (Fsp3) is 0.571. The summed E-state index contributed by atoms with van der Waals surface area (Å²) in [5, 5.41) is 7.25. The van der Waals surface area contributed by atoms with E-state index in [1.54, 1.807) is 29.0 Å². The molecule has 210 valence electrons. The molecule has 0 bridgehead atoms. The molecular formula is C28H34F3N5O3. The molecule has 3 amide bonds. The number of benzene rings is 1. The van der Waals surface area contributed by atoms with Crippen molar-refractivity contribution in [2.75, 3.05) is 19.6 Å². The number of carbonyl (C=O) groups excluding carboxylic acids is 3. The van der Waals surface area contributed by atoms with Crippen LogP contribution in [-0.2, 0) is 15.8 Å². The van der Waals surface area contributed by atoms with Crippen LogP contribution in [0.1, 0.15) is 97.6 Å². The van der Waals surface area contributed by atoms with Crippen molar-refractivity contribution in [3.8, 4) is 0 Å². The van der Waals surface area contributed by atoms with Gasteiger partial charge in [-0.3, -0.25) is 19.1 Å². The van der Waals surface area contributed by atoms with Gasteiger partial charge in [-0.15, -0.1) is 0 Å². The Hall–Kier alpha value is -3.37. The summed E-state index contributed by atoms with van der Waals surface area (Å²) >= 11 is 0. The van der Waals surface area contributed by atoms with Gasteiger partial charge < -0.3 is 15.1 Å². The number of carbonyl (C=O) groups is 3. The number of alkyl halides is 3. The Bertz CT molecular complexity index is 1250. The molecule has 3 heterocycles. The van der Waals surface area contributed by atoms with E-state index >= 15 is 0 Å². The molecule has 2 aliphatic heterocycles. The molecule has 39 heavy (non-hydrogen) atoms. The van der Waals surface area contributed by atoms with E-state index in [4.69, 9.17) is 0 Å². The van der Waals surface area contributed by atoms with Crippen molar-refractivity contribution in [3.05, 3.63) is 52.8 Å². The van der Waals surface area contributed by atoms with E-state index in [0.717, 1.165) is 24.6 Å². The number of likely N-dealkylation sites (tertiary alicyclic amines) is 2. The van der Waals surface area contributed by atoms with Gasteiger partial charge in [0.05, 0.1) is 35.1 Å². The lowest BCUT2D eigenvalue weighted by Gasteiger charge is -2.34. The Morgan fingerprint density at radius 3 is 2.36 bits per heavy atom. The van der Waals surface area contributed by atoms with E-state index in [0.29, 0.717) is 50.9 Å². The first-order valence-electron chi connectivity index (χ1n) is 13.7. The van der Waals surface area contributed by atoms with Crippen molar-refractivity contribution >= 4 is 17.7 Å². The van der Waals surface area contributed by atoms with Gasteiger partial charge in [-0.1, -0.05) is 18.2 Å². The minimum absolute atomic E-state index is 0.0163. The smallest absolute Gasteiger partial charge is 0.345 e. The van der Waals surface area contributed by atoms with Crippen molar-refractivity contribution < 1.29 is 27.6 Å². The Balaban J connectivity index is 1.35. The van der Waals surface area contributed by atoms with Gasteiger partial charge in [0.1, 0.15) is 6.04 Å². The molecule has 2 aromatic rings. The third-order valence-electron chi connectivity index (χ3n) is 8.08. The van der Waals surface area contributed by atoms with Crippen LogP contribution in [0.5, 0.6) is 0 Å². The second kappa shape index (κ2) is 10.7. The number of nitrogens with zero attached hydrogens (tertiary/aromatic N) is 4. The van der Waals surface area contributed by atoms with Gasteiger partial charge in [-0.25, -0.2) is 0 Å². The van der Waals surface area contributed by atoms with Crippen molar-refractivity contribution in [2.45, 2.75) is 82.6 Å². The molecule has 3 fully saturated rings. The van der Waals surface area contributed by atoms with Crippen LogP contribution >= 0.6 is 0 Å². The zero-order valence-electron chi connectivity index (χ0n) is 22.2. The number of halogens is 3. The summed E-state index contributed by atoms with van der Waals surface area (Å²) < 4.78 is 43.2. The molecule has 0 spiro atoms. The van der Waals surface area contributed by atoms with Gasteiger partial charge in [0, 0.05) is 32.5 Å². The first-order chi connectivity index (χ1) is 18.6. The fourth-order valence-electron chi connectivity index (χ4n) is 6.10. The number of aromatic nitrogens is 2. The van der Waals surface area contributed by atoms with E-state index in [2.05, 4.69) is 10.4 Å². The summed E-state index contributed by atoms with van der Waals surface area (Å²) in [5.41, 5.74) is 0.793. The number of hydrogen-bond donors (Lipinski definition) is 1. The van der Waals surface area contributed by atoms with Gasteiger partial charge in [-0.05, 0) is 57.1 Å². The average molecular weight is 546 g/mol. The maximum Gasteiger partial charge on any atom is 0.416 e. The minimum atomic E-state index is -4.49. The summed E-state index contributed by atoms with van der Waals surface area (Å²) in [7, 11) is 0. The number of amides is 3. The zero-order chi connectivity index (χ0) is 27.9. The maximum atomic E-state index is 13.8. The van der Waals surface area contributed by atoms with E-state index in [1.165, 1.54) is 19.1 Å². The highest BCUT2D eigenvalue weighted by atomic mass is 19.4. The van der Waals surface area contributed by atoms with Gasteiger partial charge in [0.2, 0.25) is 11.8 Å². The first-order valence-corrected chi connectivity index (χ1v) is 13.7. The molecule has 2 unspecified atom stereocenters. The quantitative estimate of drug-likeness (QED) is 0.581. The molecule has 1 aromatic heterocycles. The van der Waals surface area contributed by atoms with Crippen LogP contribution in [0.3, 0.4) is 0 Å². The molecule has 1 aromatic carbocycles. The second-order valence-electron chi connectivity index (χ2n) is 10.9. The van der Waals surface area contributed by atoms with Gasteiger partial charge in [-0.2, -0.15) is 18.3 Å². The van der Waals surface area contributed by atoms with E-state index in [9.17, 15) is 27.6 Å². The predicted octanol–water partition coefficient (Wildman–Crippen LogP) is 4.44. The highest BCUT2D eigenvalue weighted by Gasteiger charge is 2.42. The molecule has 3 aliphatic rings. The Morgan fingerprint density at radius 1 is 1.03 bits per heavy atom. The zero-order valence-corrected chi connectivity index (χ0v) is 22.2. The molecule has 1 N–H and O–H groups in total. The summed E-state index contributed by atoms with van der Waals surface area (Å²) in [6.07, 6.45) is 1.42. The SMILES string of the molecule is CC(=O)NC(C)C(=O)N1CCC(n2ncc(C(=O)N3CCCC3c3ccccc3C(F)(F)F)c2C2CC2)CC1. The molecule has 0 radical (unpaired) electrons. The Labute approximate surface area is 225 Å². The van der Waals surface area contributed by atoms with Gasteiger partial charge in [0.25, 0.3) is 5.91 Å². The number of nitrogens with one attached hydrogen (secondary N) is 1. The number of piperidine rings is 1. The Morgan fingerprint density at radius 2 is 1.72 bits per heavy atom. The maximum absolute atomic E-state index is 13.8. The van der Waals surface area contributed by atoms with E-state index in [1.807, 2.05) is 4.68 Å². The molecule has 1 saturated carbocycles. The highest BCUT2D eigenvalue weighted by Crippen LogP contribution is 2.45. The van der Waals surface area contributed by atoms with Crippen LogP contribution < -0.4 is 5.32 Å². The van der Waals surface area contributed by atoms with Crippen LogP contribution in [0.2, 0.25) is 0 Å². The normalized spacial score (nSPS) is 21.2. The van der Waals surface area contributed by atoms with Crippen molar-refractivity contribution in [1.29, 1.82) is 0 Å². The van der Waals surface area contributed by atoms with Crippen LogP contribution in [0.15, 0.2) is 30.5 Å². The van der Waals surface area contributed by atoms with Crippen molar-refractivity contribution in [3.63, 3.8) is 0 Å². The summed E-state index contributed by atoms with van der Waals surface area (Å²) in [4.78, 5) is 41.2. The lowest BCUT2D eigenvalue weighted by Crippen LogP contribution is -2.49. The molecule has 5 rings (SSSR count). The third kappa shape index (κ3) is 5.53. The Kier molecular flexibility index (Phi) is 7.43. The van der Waals surface area contributed by atoms with Gasteiger partial charge >= 0.3 is 6.18 Å². The topological polar surface area (TPSA) is 87.5 Å².